The van der Waals surface area contributed by atoms with E-state index in [-0.39, 0.29) is 18.1 Å². The third kappa shape index (κ3) is 6.61. The Morgan fingerprint density at radius 1 is 1.41 bits per heavy atom. The van der Waals surface area contributed by atoms with E-state index in [0.29, 0.717) is 19.8 Å². The minimum absolute atomic E-state index is 0.189. The van der Waals surface area contributed by atoms with Gasteiger partial charge in [0.25, 0.3) is 0 Å². The molecule has 0 aliphatic rings. The van der Waals surface area contributed by atoms with Crippen molar-refractivity contribution in [3.8, 4) is 0 Å². The number of nitrogens with zero attached hydrogens (tertiary/aromatic N) is 1. The van der Waals surface area contributed by atoms with Crippen molar-refractivity contribution in [1.82, 2.24) is 10.2 Å². The molecule has 0 aromatic carbocycles. The molecule has 2 unspecified atom stereocenters. The number of ether oxygens (including phenoxy) is 2. The first-order valence-electron chi connectivity index (χ1n) is 6.15. The Hall–Kier alpha value is -0.650. The lowest BCUT2D eigenvalue weighted by Crippen LogP contribution is -2.48. The summed E-state index contributed by atoms with van der Waals surface area (Å²) in [5.74, 6) is -0.189. The van der Waals surface area contributed by atoms with Gasteiger partial charge in [-0.05, 0) is 27.4 Å². The van der Waals surface area contributed by atoms with Crippen molar-refractivity contribution in [3.63, 3.8) is 0 Å². The molecule has 102 valence electrons. The van der Waals surface area contributed by atoms with Crippen molar-refractivity contribution >= 4 is 5.97 Å². The molecule has 5 nitrogen and oxygen atoms in total. The summed E-state index contributed by atoms with van der Waals surface area (Å²) >= 11 is 0. The van der Waals surface area contributed by atoms with Crippen LogP contribution in [0.25, 0.3) is 0 Å². The van der Waals surface area contributed by atoms with Gasteiger partial charge in [0.1, 0.15) is 6.04 Å². The molecule has 0 saturated heterocycles. The molecule has 0 aliphatic heterocycles. The third-order valence-electron chi connectivity index (χ3n) is 2.65. The molecule has 0 bridgehead atoms. The summed E-state index contributed by atoms with van der Waals surface area (Å²) in [6.07, 6.45) is 0. The SMILES string of the molecule is CCNC(CN(C)C(C)COC)C(=O)OCC. The first kappa shape index (κ1) is 16.4. The quantitative estimate of drug-likeness (QED) is 0.600. The second-order valence-electron chi connectivity index (χ2n) is 4.11. The van der Waals surface area contributed by atoms with Gasteiger partial charge in [0.15, 0.2) is 0 Å². The fourth-order valence-corrected chi connectivity index (χ4v) is 1.55. The average Bonchev–Trinajstić information content (AvgIpc) is 2.29. The number of nitrogens with one attached hydrogen (secondary N) is 1. The van der Waals surface area contributed by atoms with Crippen LogP contribution in [0.5, 0.6) is 0 Å². The first-order valence-corrected chi connectivity index (χ1v) is 6.15. The summed E-state index contributed by atoms with van der Waals surface area (Å²) in [5.41, 5.74) is 0. The second-order valence-corrected chi connectivity index (χ2v) is 4.11. The number of hydrogen-bond acceptors (Lipinski definition) is 5. The highest BCUT2D eigenvalue weighted by atomic mass is 16.5. The number of carbonyl (C=O) groups excluding carboxylic acids is 1. The molecule has 0 rings (SSSR count). The van der Waals surface area contributed by atoms with Crippen molar-refractivity contribution < 1.29 is 14.3 Å². The lowest BCUT2D eigenvalue weighted by atomic mass is 10.2. The van der Waals surface area contributed by atoms with Crippen LogP contribution in [-0.2, 0) is 14.3 Å². The zero-order valence-corrected chi connectivity index (χ0v) is 11.7. The maximum absolute atomic E-state index is 11.7. The van der Waals surface area contributed by atoms with Crippen LogP contribution in [0.2, 0.25) is 0 Å². The van der Waals surface area contributed by atoms with Crippen molar-refractivity contribution in [2.75, 3.05) is 40.5 Å². The lowest BCUT2D eigenvalue weighted by molar-refractivity contribution is -0.146. The topological polar surface area (TPSA) is 50.8 Å². The van der Waals surface area contributed by atoms with Gasteiger partial charge in [-0.25, -0.2) is 0 Å². The summed E-state index contributed by atoms with van der Waals surface area (Å²) in [7, 11) is 3.66. The highest BCUT2D eigenvalue weighted by Crippen LogP contribution is 2.00. The standard InChI is InChI=1S/C12H26N2O3/c1-6-13-11(12(15)17-7-2)8-14(4)10(3)9-16-5/h10-11,13H,6-9H2,1-5H3. The zero-order chi connectivity index (χ0) is 13.3. The van der Waals surface area contributed by atoms with Crippen LogP contribution in [0.4, 0.5) is 0 Å². The van der Waals surface area contributed by atoms with Gasteiger partial charge in [-0.3, -0.25) is 9.69 Å². The van der Waals surface area contributed by atoms with Gasteiger partial charge in [0, 0.05) is 19.7 Å². The molecule has 0 radical (unpaired) electrons. The van der Waals surface area contributed by atoms with Crippen LogP contribution in [0.1, 0.15) is 20.8 Å². The van der Waals surface area contributed by atoms with Crippen LogP contribution < -0.4 is 5.32 Å². The van der Waals surface area contributed by atoms with Gasteiger partial charge in [-0.15, -0.1) is 0 Å². The summed E-state index contributed by atoms with van der Waals surface area (Å²) in [4.78, 5) is 13.8. The number of carbonyl (C=O) groups is 1. The van der Waals surface area contributed by atoms with Crippen molar-refractivity contribution in [3.05, 3.63) is 0 Å². The molecule has 5 heteroatoms. The molecule has 0 saturated carbocycles. The predicted octanol–water partition coefficient (Wildman–Crippen LogP) is 0.494. The van der Waals surface area contributed by atoms with Crippen molar-refractivity contribution in [2.24, 2.45) is 0 Å². The molecular weight excluding hydrogens is 220 g/mol. The maximum atomic E-state index is 11.7. The average molecular weight is 246 g/mol. The maximum Gasteiger partial charge on any atom is 0.324 e. The van der Waals surface area contributed by atoms with E-state index >= 15 is 0 Å². The van der Waals surface area contributed by atoms with E-state index in [1.165, 1.54) is 0 Å². The van der Waals surface area contributed by atoms with Gasteiger partial charge in [-0.2, -0.15) is 0 Å². The summed E-state index contributed by atoms with van der Waals surface area (Å²) < 4.78 is 10.1. The van der Waals surface area contributed by atoms with Crippen LogP contribution in [0.3, 0.4) is 0 Å². The predicted molar refractivity (Wildman–Crippen MR) is 68.1 cm³/mol. The molecule has 0 fully saturated rings. The van der Waals surface area contributed by atoms with Crippen LogP contribution in [0.15, 0.2) is 0 Å². The van der Waals surface area contributed by atoms with Gasteiger partial charge < -0.3 is 14.8 Å². The number of methoxy groups -OCH3 is 1. The minimum atomic E-state index is -0.274. The first-order chi connectivity index (χ1) is 8.06. The van der Waals surface area contributed by atoms with Crippen LogP contribution in [-0.4, -0.2) is 63.4 Å². The highest BCUT2D eigenvalue weighted by Gasteiger charge is 2.22. The van der Waals surface area contributed by atoms with E-state index in [2.05, 4.69) is 17.1 Å². The fraction of sp³-hybridized carbons (Fsp3) is 0.917. The Bertz CT molecular complexity index is 212. The lowest BCUT2D eigenvalue weighted by Gasteiger charge is -2.28. The van der Waals surface area contributed by atoms with Gasteiger partial charge >= 0.3 is 5.97 Å². The molecule has 0 aliphatic carbocycles. The number of esters is 1. The summed E-state index contributed by atoms with van der Waals surface area (Å²) in [6, 6.07) is -0.000149. The van der Waals surface area contributed by atoms with E-state index in [1.54, 1.807) is 7.11 Å². The molecular formula is C12H26N2O3. The van der Waals surface area contributed by atoms with Crippen LogP contribution in [0, 0.1) is 0 Å². The Labute approximate surface area is 104 Å². The van der Waals surface area contributed by atoms with E-state index in [1.807, 2.05) is 20.9 Å². The Morgan fingerprint density at radius 3 is 2.53 bits per heavy atom. The summed E-state index contributed by atoms with van der Waals surface area (Å²) in [6.45, 7) is 8.30. The number of rotatable bonds is 9. The Kier molecular flexibility index (Phi) is 9.03. The monoisotopic (exact) mass is 246 g/mol. The van der Waals surface area contributed by atoms with Crippen LogP contribution >= 0.6 is 0 Å². The molecule has 0 amide bonds. The van der Waals surface area contributed by atoms with E-state index in [9.17, 15) is 4.79 Å². The Morgan fingerprint density at radius 2 is 2.06 bits per heavy atom. The smallest absolute Gasteiger partial charge is 0.324 e. The molecule has 0 aromatic rings. The number of likely N-dealkylation sites (N-methyl/N-ethyl adjacent to an activating group) is 2. The molecule has 17 heavy (non-hydrogen) atoms. The largest absolute Gasteiger partial charge is 0.465 e. The molecule has 0 heterocycles. The molecule has 2 atom stereocenters. The molecule has 0 aromatic heterocycles. The van der Waals surface area contributed by atoms with Gasteiger partial charge in [0.05, 0.1) is 13.2 Å². The zero-order valence-electron chi connectivity index (χ0n) is 11.7. The normalized spacial score (nSPS) is 14.7. The number of hydrogen-bond donors (Lipinski definition) is 1. The van der Waals surface area contributed by atoms with Crippen molar-refractivity contribution in [2.45, 2.75) is 32.9 Å². The van der Waals surface area contributed by atoms with E-state index < -0.39 is 0 Å². The van der Waals surface area contributed by atoms with Crippen molar-refractivity contribution in [1.29, 1.82) is 0 Å². The summed E-state index contributed by atoms with van der Waals surface area (Å²) in [5, 5.41) is 3.14. The van der Waals surface area contributed by atoms with E-state index in [4.69, 9.17) is 9.47 Å². The Balaban J connectivity index is 4.27. The fourth-order valence-electron chi connectivity index (χ4n) is 1.55. The molecule has 1 N–H and O–H groups in total. The third-order valence-corrected chi connectivity index (χ3v) is 2.65. The second kappa shape index (κ2) is 9.39. The van der Waals surface area contributed by atoms with E-state index in [0.717, 1.165) is 6.54 Å². The minimum Gasteiger partial charge on any atom is -0.465 e. The highest BCUT2D eigenvalue weighted by molar-refractivity contribution is 5.76. The van der Waals surface area contributed by atoms with Gasteiger partial charge in [0.2, 0.25) is 0 Å². The molecule has 0 spiro atoms. The van der Waals surface area contributed by atoms with Gasteiger partial charge in [-0.1, -0.05) is 6.92 Å².